The molecule has 18 heavy (non-hydrogen) atoms. The van der Waals surface area contributed by atoms with Crippen LogP contribution in [0.25, 0.3) is 5.69 Å². The lowest BCUT2D eigenvalue weighted by atomic mass is 10.1. The lowest BCUT2D eigenvalue weighted by molar-refractivity contribution is 0.420. The Morgan fingerprint density at radius 2 is 2.06 bits per heavy atom. The maximum Gasteiger partial charge on any atom is 0.125 e. The summed E-state index contributed by atoms with van der Waals surface area (Å²) in [5.74, 6) is -0.252. The number of halogens is 1. The molecule has 0 aliphatic heterocycles. The second-order valence-corrected chi connectivity index (χ2v) is 5.34. The first-order chi connectivity index (χ1) is 8.44. The van der Waals surface area contributed by atoms with Crippen molar-refractivity contribution < 1.29 is 4.39 Å². The fourth-order valence-corrected chi connectivity index (χ4v) is 1.57. The maximum atomic E-state index is 13.1. The first-order valence-corrected chi connectivity index (χ1v) is 5.99. The van der Waals surface area contributed by atoms with Gasteiger partial charge in [0.05, 0.1) is 11.4 Å². The summed E-state index contributed by atoms with van der Waals surface area (Å²) in [6, 6.07) is 8.34. The Labute approximate surface area is 107 Å². The molecule has 0 aliphatic carbocycles. The number of hydrogen-bond acceptors (Lipinski definition) is 2. The van der Waals surface area contributed by atoms with Crippen molar-refractivity contribution in [1.29, 1.82) is 0 Å². The second-order valence-electron chi connectivity index (χ2n) is 5.34. The zero-order valence-corrected chi connectivity index (χ0v) is 10.9. The van der Waals surface area contributed by atoms with Crippen molar-refractivity contribution in [3.05, 3.63) is 48.0 Å². The predicted molar refractivity (Wildman–Crippen MR) is 70.1 cm³/mol. The summed E-state index contributed by atoms with van der Waals surface area (Å²) in [6.07, 6.45) is 1.84. The van der Waals surface area contributed by atoms with Gasteiger partial charge in [0.1, 0.15) is 5.82 Å². The number of nitrogens with one attached hydrogen (secondary N) is 1. The highest BCUT2D eigenvalue weighted by atomic mass is 19.1. The van der Waals surface area contributed by atoms with Crippen LogP contribution in [0, 0.1) is 5.82 Å². The molecule has 1 heterocycles. The zero-order valence-electron chi connectivity index (χ0n) is 10.9. The molecule has 0 radical (unpaired) electrons. The number of hydrogen-bond donors (Lipinski definition) is 1. The molecule has 0 saturated carbocycles. The highest BCUT2D eigenvalue weighted by Crippen LogP contribution is 2.10. The highest BCUT2D eigenvalue weighted by Gasteiger charge is 2.09. The number of benzene rings is 1. The quantitative estimate of drug-likeness (QED) is 0.903. The van der Waals surface area contributed by atoms with Gasteiger partial charge in [0, 0.05) is 18.3 Å². The van der Waals surface area contributed by atoms with Crippen molar-refractivity contribution in [2.24, 2.45) is 0 Å². The molecule has 0 bridgehead atoms. The van der Waals surface area contributed by atoms with Gasteiger partial charge in [-0.25, -0.2) is 9.07 Å². The van der Waals surface area contributed by atoms with Crippen LogP contribution < -0.4 is 5.32 Å². The molecule has 4 heteroatoms. The Bertz CT molecular complexity index is 526. The third-order valence-corrected chi connectivity index (χ3v) is 2.52. The van der Waals surface area contributed by atoms with Crippen LogP contribution in [-0.2, 0) is 6.54 Å². The van der Waals surface area contributed by atoms with E-state index in [0.717, 1.165) is 11.4 Å². The van der Waals surface area contributed by atoms with Gasteiger partial charge in [-0.05, 0) is 45.0 Å². The van der Waals surface area contributed by atoms with E-state index >= 15 is 0 Å². The lowest BCUT2D eigenvalue weighted by Crippen LogP contribution is -2.35. The lowest BCUT2D eigenvalue weighted by Gasteiger charge is -2.19. The fraction of sp³-hybridized carbons (Fsp3) is 0.357. The molecule has 0 aliphatic rings. The summed E-state index contributed by atoms with van der Waals surface area (Å²) in [5.41, 5.74) is 1.73. The van der Waals surface area contributed by atoms with Crippen molar-refractivity contribution in [3.8, 4) is 5.69 Å². The molecule has 2 rings (SSSR count). The Kier molecular flexibility index (Phi) is 3.48. The van der Waals surface area contributed by atoms with Gasteiger partial charge in [0.25, 0.3) is 0 Å². The van der Waals surface area contributed by atoms with Crippen LogP contribution in [0.1, 0.15) is 26.5 Å². The minimum absolute atomic E-state index is 0.0582. The monoisotopic (exact) mass is 247 g/mol. The van der Waals surface area contributed by atoms with Crippen LogP contribution >= 0.6 is 0 Å². The van der Waals surface area contributed by atoms with E-state index in [1.807, 2.05) is 18.3 Å². The zero-order chi connectivity index (χ0) is 13.2. The van der Waals surface area contributed by atoms with Gasteiger partial charge in [-0.15, -0.1) is 0 Å². The molecule has 0 saturated heterocycles. The molecular weight excluding hydrogens is 229 g/mol. The second kappa shape index (κ2) is 4.90. The Balaban J connectivity index is 2.11. The summed E-state index contributed by atoms with van der Waals surface area (Å²) in [6.45, 7) is 7.02. The van der Waals surface area contributed by atoms with E-state index < -0.39 is 0 Å². The molecule has 96 valence electrons. The number of rotatable bonds is 3. The molecule has 2 aromatic rings. The van der Waals surface area contributed by atoms with E-state index in [0.29, 0.717) is 6.54 Å². The van der Waals surface area contributed by atoms with Crippen molar-refractivity contribution in [2.75, 3.05) is 0 Å². The predicted octanol–water partition coefficient (Wildman–Crippen LogP) is 2.90. The SMILES string of the molecule is CC(C)(C)NCc1ccn(-c2cccc(F)c2)n1. The van der Waals surface area contributed by atoms with Crippen molar-refractivity contribution >= 4 is 0 Å². The molecule has 1 N–H and O–H groups in total. The molecule has 0 spiro atoms. The molecule has 1 aromatic carbocycles. The summed E-state index contributed by atoms with van der Waals surface area (Å²) in [7, 11) is 0. The first-order valence-electron chi connectivity index (χ1n) is 5.99. The van der Waals surface area contributed by atoms with Gasteiger partial charge < -0.3 is 5.32 Å². The maximum absolute atomic E-state index is 13.1. The standard InChI is InChI=1S/C14H18FN3/c1-14(2,3)16-10-12-7-8-18(17-12)13-6-4-5-11(15)9-13/h4-9,16H,10H2,1-3H3. The van der Waals surface area contributed by atoms with Gasteiger partial charge in [0.2, 0.25) is 0 Å². The van der Waals surface area contributed by atoms with Crippen molar-refractivity contribution in [3.63, 3.8) is 0 Å². The molecule has 0 fully saturated rings. The van der Waals surface area contributed by atoms with Crippen LogP contribution in [0.5, 0.6) is 0 Å². The average Bonchev–Trinajstić information content (AvgIpc) is 2.74. The van der Waals surface area contributed by atoms with Gasteiger partial charge in [-0.3, -0.25) is 0 Å². The van der Waals surface area contributed by atoms with E-state index in [4.69, 9.17) is 0 Å². The molecular formula is C14H18FN3. The van der Waals surface area contributed by atoms with Crippen LogP contribution in [0.2, 0.25) is 0 Å². The molecule has 3 nitrogen and oxygen atoms in total. The topological polar surface area (TPSA) is 29.9 Å². The Hall–Kier alpha value is -1.68. The van der Waals surface area contributed by atoms with Crippen molar-refractivity contribution in [2.45, 2.75) is 32.9 Å². The molecule has 0 atom stereocenters. The van der Waals surface area contributed by atoms with Gasteiger partial charge >= 0.3 is 0 Å². The van der Waals surface area contributed by atoms with Crippen LogP contribution in [-0.4, -0.2) is 15.3 Å². The minimum atomic E-state index is -0.252. The smallest absolute Gasteiger partial charge is 0.125 e. The summed E-state index contributed by atoms with van der Waals surface area (Å²) >= 11 is 0. The molecule has 1 aromatic heterocycles. The minimum Gasteiger partial charge on any atom is -0.306 e. The molecule has 0 unspecified atom stereocenters. The normalized spacial score (nSPS) is 11.8. The van der Waals surface area contributed by atoms with E-state index in [1.54, 1.807) is 10.7 Å². The van der Waals surface area contributed by atoms with E-state index in [9.17, 15) is 4.39 Å². The van der Waals surface area contributed by atoms with E-state index in [1.165, 1.54) is 12.1 Å². The number of nitrogens with zero attached hydrogens (tertiary/aromatic N) is 2. The first kappa shape index (κ1) is 12.8. The van der Waals surface area contributed by atoms with E-state index in [2.05, 4.69) is 31.2 Å². The third kappa shape index (κ3) is 3.40. The summed E-state index contributed by atoms with van der Waals surface area (Å²) in [4.78, 5) is 0. The van der Waals surface area contributed by atoms with E-state index in [-0.39, 0.29) is 11.4 Å². The van der Waals surface area contributed by atoms with Crippen LogP contribution in [0.4, 0.5) is 4.39 Å². The van der Waals surface area contributed by atoms with Gasteiger partial charge in [-0.2, -0.15) is 5.10 Å². The Morgan fingerprint density at radius 3 is 2.72 bits per heavy atom. The third-order valence-electron chi connectivity index (χ3n) is 2.52. The fourth-order valence-electron chi connectivity index (χ4n) is 1.57. The number of aromatic nitrogens is 2. The van der Waals surface area contributed by atoms with Gasteiger partial charge in [0.15, 0.2) is 0 Å². The Morgan fingerprint density at radius 1 is 1.28 bits per heavy atom. The summed E-state index contributed by atoms with van der Waals surface area (Å²) in [5, 5.41) is 7.78. The highest BCUT2D eigenvalue weighted by molar-refractivity contribution is 5.31. The average molecular weight is 247 g/mol. The van der Waals surface area contributed by atoms with Gasteiger partial charge in [-0.1, -0.05) is 6.07 Å². The van der Waals surface area contributed by atoms with Crippen LogP contribution in [0.3, 0.4) is 0 Å². The molecule has 0 amide bonds. The summed E-state index contributed by atoms with van der Waals surface area (Å²) < 4.78 is 14.8. The largest absolute Gasteiger partial charge is 0.306 e. The van der Waals surface area contributed by atoms with Crippen molar-refractivity contribution in [1.82, 2.24) is 15.1 Å². The van der Waals surface area contributed by atoms with Crippen LogP contribution in [0.15, 0.2) is 36.5 Å².